The summed E-state index contributed by atoms with van der Waals surface area (Å²) in [6.07, 6.45) is -0.415. The Morgan fingerprint density at radius 2 is 2.00 bits per heavy atom. The van der Waals surface area contributed by atoms with Crippen molar-refractivity contribution in [2.75, 3.05) is 7.05 Å². The first-order valence-corrected chi connectivity index (χ1v) is 5.98. The van der Waals surface area contributed by atoms with Gasteiger partial charge in [0.15, 0.2) is 0 Å². The Kier molecular flexibility index (Phi) is 4.46. The minimum absolute atomic E-state index is 0.0788. The lowest BCUT2D eigenvalue weighted by Gasteiger charge is -2.24. The number of hydrogen-bond acceptors (Lipinski definition) is 3. The molecule has 0 bridgehead atoms. The summed E-state index contributed by atoms with van der Waals surface area (Å²) in [7, 11) is 1.63. The molecule has 0 saturated heterocycles. The molecule has 5 heteroatoms. The summed E-state index contributed by atoms with van der Waals surface area (Å²) in [4.78, 5) is 13.2. The number of benzene rings is 1. The third-order valence-electron chi connectivity index (χ3n) is 2.07. The Hall–Kier alpha value is -1.42. The van der Waals surface area contributed by atoms with Gasteiger partial charge in [0.05, 0.1) is 0 Å². The number of nitrogens with zero attached hydrogens (tertiary/aromatic N) is 1. The van der Waals surface area contributed by atoms with Gasteiger partial charge in [0.1, 0.15) is 11.4 Å². The van der Waals surface area contributed by atoms with Crippen molar-refractivity contribution in [2.24, 2.45) is 0 Å². The molecule has 1 rings (SSSR count). The van der Waals surface area contributed by atoms with Gasteiger partial charge < -0.3 is 14.7 Å². The molecule has 0 fully saturated rings. The molecule has 0 unspecified atom stereocenters. The molecule has 0 saturated carbocycles. The van der Waals surface area contributed by atoms with Crippen molar-refractivity contribution < 1.29 is 14.6 Å². The van der Waals surface area contributed by atoms with Crippen LogP contribution in [0.25, 0.3) is 0 Å². The fourth-order valence-corrected chi connectivity index (χ4v) is 1.65. The summed E-state index contributed by atoms with van der Waals surface area (Å²) in [5.74, 6) is 0.0788. The second kappa shape index (κ2) is 5.48. The van der Waals surface area contributed by atoms with Crippen molar-refractivity contribution in [3.63, 3.8) is 0 Å². The van der Waals surface area contributed by atoms with E-state index < -0.39 is 11.7 Å². The summed E-state index contributed by atoms with van der Waals surface area (Å²) in [6.45, 7) is 5.75. The summed E-state index contributed by atoms with van der Waals surface area (Å²) in [6, 6.07) is 4.70. The largest absolute Gasteiger partial charge is 0.508 e. The molecule has 0 atom stereocenters. The molecule has 0 radical (unpaired) electrons. The number of ether oxygens (including phenoxy) is 1. The fraction of sp³-hybridized carbons (Fsp3) is 0.462. The number of halogens is 1. The van der Waals surface area contributed by atoms with Gasteiger partial charge in [-0.3, -0.25) is 0 Å². The van der Waals surface area contributed by atoms with Crippen LogP contribution in [0.5, 0.6) is 5.75 Å². The van der Waals surface area contributed by atoms with Gasteiger partial charge in [-0.05, 0) is 44.5 Å². The first-order valence-electron chi connectivity index (χ1n) is 5.60. The van der Waals surface area contributed by atoms with Crippen molar-refractivity contribution in [3.8, 4) is 5.75 Å². The highest BCUT2D eigenvalue weighted by atomic mass is 35.5. The van der Waals surface area contributed by atoms with Crippen LogP contribution in [-0.4, -0.2) is 28.7 Å². The van der Waals surface area contributed by atoms with Gasteiger partial charge >= 0.3 is 6.09 Å². The van der Waals surface area contributed by atoms with E-state index in [-0.39, 0.29) is 5.75 Å². The van der Waals surface area contributed by atoms with Crippen molar-refractivity contribution in [1.29, 1.82) is 0 Å². The van der Waals surface area contributed by atoms with E-state index in [1.807, 2.05) is 20.8 Å². The predicted octanol–water partition coefficient (Wildman–Crippen LogP) is 3.41. The minimum atomic E-state index is -0.526. The number of amides is 1. The van der Waals surface area contributed by atoms with Crippen LogP contribution in [0.3, 0.4) is 0 Å². The van der Waals surface area contributed by atoms with E-state index in [1.165, 1.54) is 11.0 Å². The molecule has 0 aromatic heterocycles. The predicted molar refractivity (Wildman–Crippen MR) is 70.8 cm³/mol. The third kappa shape index (κ3) is 4.84. The molecular weight excluding hydrogens is 254 g/mol. The Morgan fingerprint density at radius 3 is 2.50 bits per heavy atom. The molecule has 0 aliphatic heterocycles. The average molecular weight is 272 g/mol. The maximum Gasteiger partial charge on any atom is 0.410 e. The summed E-state index contributed by atoms with van der Waals surface area (Å²) < 4.78 is 5.22. The number of rotatable bonds is 2. The van der Waals surface area contributed by atoms with Crippen LogP contribution in [0, 0.1) is 0 Å². The van der Waals surface area contributed by atoms with Crippen molar-refractivity contribution in [2.45, 2.75) is 32.9 Å². The minimum Gasteiger partial charge on any atom is -0.508 e. The number of phenols is 1. The summed E-state index contributed by atoms with van der Waals surface area (Å²) in [5, 5.41) is 9.85. The molecule has 1 N–H and O–H groups in total. The number of aromatic hydroxyl groups is 1. The molecule has 1 amide bonds. The zero-order valence-electron chi connectivity index (χ0n) is 11.0. The summed E-state index contributed by atoms with van der Waals surface area (Å²) >= 11 is 5.82. The van der Waals surface area contributed by atoms with Crippen LogP contribution >= 0.6 is 11.6 Å². The SMILES string of the molecule is CN(Cc1cc(O)cc(Cl)c1)C(=O)OC(C)(C)C. The van der Waals surface area contributed by atoms with Gasteiger partial charge in [-0.2, -0.15) is 0 Å². The Balaban J connectivity index is 2.69. The second-order valence-corrected chi connectivity index (χ2v) is 5.59. The lowest BCUT2D eigenvalue weighted by atomic mass is 10.2. The zero-order chi connectivity index (χ0) is 13.9. The highest BCUT2D eigenvalue weighted by molar-refractivity contribution is 6.30. The van der Waals surface area contributed by atoms with Gasteiger partial charge in [0.25, 0.3) is 0 Å². The van der Waals surface area contributed by atoms with Crippen molar-refractivity contribution in [1.82, 2.24) is 4.90 Å². The molecule has 18 heavy (non-hydrogen) atoms. The molecule has 1 aromatic rings. The van der Waals surface area contributed by atoms with Crippen molar-refractivity contribution >= 4 is 17.7 Å². The van der Waals surface area contributed by atoms with Crippen LogP contribution in [0.1, 0.15) is 26.3 Å². The molecular formula is C13H18ClNO3. The maximum absolute atomic E-state index is 11.7. The third-order valence-corrected chi connectivity index (χ3v) is 2.29. The molecule has 0 spiro atoms. The van der Waals surface area contributed by atoms with E-state index in [0.717, 1.165) is 5.56 Å². The molecule has 100 valence electrons. The average Bonchev–Trinajstić information content (AvgIpc) is 2.12. The van der Waals surface area contributed by atoms with E-state index in [4.69, 9.17) is 16.3 Å². The number of hydrogen-bond donors (Lipinski definition) is 1. The van der Waals surface area contributed by atoms with Gasteiger partial charge in [0.2, 0.25) is 0 Å². The normalized spacial score (nSPS) is 11.2. The quantitative estimate of drug-likeness (QED) is 0.897. The molecule has 1 aromatic carbocycles. The van der Waals surface area contributed by atoms with Crippen molar-refractivity contribution in [3.05, 3.63) is 28.8 Å². The maximum atomic E-state index is 11.7. The molecule has 0 aliphatic carbocycles. The van der Waals surface area contributed by atoms with E-state index in [2.05, 4.69) is 0 Å². The summed E-state index contributed by atoms with van der Waals surface area (Å²) in [5.41, 5.74) is 0.218. The lowest BCUT2D eigenvalue weighted by Crippen LogP contribution is -2.33. The molecule has 0 aliphatic rings. The standard InChI is InChI=1S/C13H18ClNO3/c1-13(2,3)18-12(17)15(4)8-9-5-10(14)7-11(16)6-9/h5-7,16H,8H2,1-4H3. The van der Waals surface area contributed by atoms with E-state index in [1.54, 1.807) is 19.2 Å². The second-order valence-electron chi connectivity index (χ2n) is 5.15. The molecule has 0 heterocycles. The number of carbonyl (C=O) groups excluding carboxylic acids is 1. The highest BCUT2D eigenvalue weighted by Crippen LogP contribution is 2.21. The number of phenolic OH excluding ortho intramolecular Hbond substituents is 1. The van der Waals surface area contributed by atoms with E-state index in [9.17, 15) is 9.90 Å². The number of carbonyl (C=O) groups is 1. The van der Waals surface area contributed by atoms with Crippen LogP contribution in [-0.2, 0) is 11.3 Å². The monoisotopic (exact) mass is 271 g/mol. The van der Waals surface area contributed by atoms with E-state index >= 15 is 0 Å². The van der Waals surface area contributed by atoms with Gasteiger partial charge in [0, 0.05) is 18.6 Å². The first-order chi connectivity index (χ1) is 8.17. The van der Waals surface area contributed by atoms with E-state index in [0.29, 0.717) is 11.6 Å². The van der Waals surface area contributed by atoms with Crippen LogP contribution in [0.4, 0.5) is 4.79 Å². The Labute approximate surface area is 112 Å². The fourth-order valence-electron chi connectivity index (χ4n) is 1.40. The Morgan fingerprint density at radius 1 is 1.39 bits per heavy atom. The smallest absolute Gasteiger partial charge is 0.410 e. The van der Waals surface area contributed by atoms with Gasteiger partial charge in [-0.15, -0.1) is 0 Å². The van der Waals surface area contributed by atoms with Crippen LogP contribution < -0.4 is 0 Å². The van der Waals surface area contributed by atoms with Gasteiger partial charge in [-0.25, -0.2) is 4.79 Å². The van der Waals surface area contributed by atoms with Crippen LogP contribution in [0.2, 0.25) is 5.02 Å². The molecule has 4 nitrogen and oxygen atoms in total. The topological polar surface area (TPSA) is 49.8 Å². The lowest BCUT2D eigenvalue weighted by molar-refractivity contribution is 0.0285. The highest BCUT2D eigenvalue weighted by Gasteiger charge is 2.19. The van der Waals surface area contributed by atoms with Crippen LogP contribution in [0.15, 0.2) is 18.2 Å². The Bertz CT molecular complexity index is 420. The first kappa shape index (κ1) is 14.6. The van der Waals surface area contributed by atoms with Gasteiger partial charge in [-0.1, -0.05) is 11.6 Å². The zero-order valence-corrected chi connectivity index (χ0v) is 11.8.